The summed E-state index contributed by atoms with van der Waals surface area (Å²) in [5, 5.41) is 0. The van der Waals surface area contributed by atoms with E-state index >= 15 is 0 Å². The third kappa shape index (κ3) is 3.48. The van der Waals surface area contributed by atoms with Crippen molar-refractivity contribution in [3.63, 3.8) is 0 Å². The van der Waals surface area contributed by atoms with Crippen LogP contribution in [0.1, 0.15) is 45.4 Å². The van der Waals surface area contributed by atoms with Gasteiger partial charge in [0.2, 0.25) is 0 Å². The van der Waals surface area contributed by atoms with Crippen molar-refractivity contribution >= 4 is 0 Å². The van der Waals surface area contributed by atoms with E-state index in [2.05, 4.69) is 6.92 Å². The zero-order chi connectivity index (χ0) is 12.8. The Morgan fingerprint density at radius 3 is 2.12 bits per heavy atom. The fraction of sp³-hybridized carbons (Fsp3) is 0.750. The first-order chi connectivity index (χ1) is 8.09. The molecule has 0 radical (unpaired) electrons. The van der Waals surface area contributed by atoms with Crippen molar-refractivity contribution in [1.82, 2.24) is 4.57 Å². The van der Waals surface area contributed by atoms with Crippen LogP contribution in [-0.2, 0) is 13.6 Å². The van der Waals surface area contributed by atoms with Crippen LogP contribution in [0, 0.1) is 18.0 Å². The lowest BCUT2D eigenvalue weighted by molar-refractivity contribution is -0.727. The third-order valence-electron chi connectivity index (χ3n) is 2.94. The minimum atomic E-state index is -1.14. The van der Waals surface area contributed by atoms with Crippen LogP contribution in [0.5, 0.6) is 0 Å². The number of rotatable bonds is 7. The Morgan fingerprint density at radius 1 is 1.00 bits per heavy atom. The summed E-state index contributed by atoms with van der Waals surface area (Å²) in [5.41, 5.74) is 0. The summed E-state index contributed by atoms with van der Waals surface area (Å²) in [5.74, 6) is -2.26. The Hall–Kier alpha value is -1.00. The lowest BCUT2D eigenvalue weighted by Crippen LogP contribution is -2.35. The molecule has 0 N–H and O–H groups in total. The van der Waals surface area contributed by atoms with Gasteiger partial charge >= 0.3 is 18.0 Å². The molecule has 0 aliphatic heterocycles. The van der Waals surface area contributed by atoms with Crippen LogP contribution in [0.4, 0.5) is 13.2 Å². The highest BCUT2D eigenvalue weighted by molar-refractivity contribution is 4.77. The van der Waals surface area contributed by atoms with E-state index in [1.807, 2.05) is 0 Å². The van der Waals surface area contributed by atoms with Gasteiger partial charge in [0.15, 0.2) is 0 Å². The Bertz CT molecular complexity index is 336. The lowest BCUT2D eigenvalue weighted by atomic mass is 10.1. The van der Waals surface area contributed by atoms with Gasteiger partial charge in [-0.3, -0.25) is 0 Å². The average molecular weight is 249 g/mol. The summed E-state index contributed by atoms with van der Waals surface area (Å²) < 4.78 is 41.0. The number of hydrogen-bond donors (Lipinski definition) is 0. The second-order valence-electron chi connectivity index (χ2n) is 4.33. The van der Waals surface area contributed by atoms with Crippen molar-refractivity contribution < 1.29 is 17.7 Å². The van der Waals surface area contributed by atoms with Gasteiger partial charge in [-0.05, 0) is 12.8 Å². The highest BCUT2D eigenvalue weighted by Gasteiger charge is 2.29. The van der Waals surface area contributed by atoms with Gasteiger partial charge in [0.25, 0.3) is 0 Å². The van der Waals surface area contributed by atoms with Crippen LogP contribution >= 0.6 is 0 Å². The number of halogens is 3. The molecule has 0 saturated heterocycles. The van der Waals surface area contributed by atoms with Crippen molar-refractivity contribution in [2.45, 2.75) is 52.0 Å². The van der Waals surface area contributed by atoms with E-state index in [4.69, 9.17) is 0 Å². The molecule has 17 heavy (non-hydrogen) atoms. The molecule has 0 spiro atoms. The monoisotopic (exact) mass is 249 g/mol. The van der Waals surface area contributed by atoms with Gasteiger partial charge in [-0.2, -0.15) is 17.9 Å². The van der Waals surface area contributed by atoms with Crippen molar-refractivity contribution in [2.24, 2.45) is 7.05 Å². The standard InChI is InChI=1S/C12H20F3N2/c1-3-4-5-6-7-8-9-17-11(14)10(13)16(2)12(17)15/h3-9H2,1-2H3/q+1. The fourth-order valence-corrected chi connectivity index (χ4v) is 1.83. The molecular formula is C12H20F3N2+. The van der Waals surface area contributed by atoms with Gasteiger partial charge in [0.1, 0.15) is 0 Å². The van der Waals surface area contributed by atoms with Crippen LogP contribution < -0.4 is 4.57 Å². The molecule has 0 aliphatic rings. The van der Waals surface area contributed by atoms with Crippen LogP contribution in [0.15, 0.2) is 0 Å². The molecular weight excluding hydrogens is 229 g/mol. The summed E-state index contributed by atoms with van der Waals surface area (Å²) in [6.07, 6.45) is 5.29. The molecule has 1 rings (SSSR count). The van der Waals surface area contributed by atoms with Crippen LogP contribution in [0.2, 0.25) is 0 Å². The van der Waals surface area contributed by atoms with Crippen molar-refractivity contribution in [1.29, 1.82) is 0 Å². The minimum absolute atomic E-state index is 0.196. The van der Waals surface area contributed by atoms with Crippen LogP contribution in [-0.4, -0.2) is 4.57 Å². The Balaban J connectivity index is 2.39. The molecule has 0 saturated carbocycles. The SMILES string of the molecule is CCCCCCCCn1c(F)c(F)[n+](C)c1F. The first kappa shape index (κ1) is 14.1. The van der Waals surface area contributed by atoms with Crippen molar-refractivity contribution in [2.75, 3.05) is 0 Å². The molecule has 2 nitrogen and oxygen atoms in total. The van der Waals surface area contributed by atoms with E-state index in [1.165, 1.54) is 19.9 Å². The van der Waals surface area contributed by atoms with Crippen LogP contribution in [0.25, 0.3) is 0 Å². The number of nitrogens with zero attached hydrogens (tertiary/aromatic N) is 2. The predicted octanol–water partition coefficient (Wildman–Crippen LogP) is 3.09. The first-order valence-corrected chi connectivity index (χ1v) is 6.18. The maximum absolute atomic E-state index is 13.4. The van der Waals surface area contributed by atoms with E-state index < -0.39 is 18.0 Å². The zero-order valence-corrected chi connectivity index (χ0v) is 10.5. The highest BCUT2D eigenvalue weighted by atomic mass is 19.2. The van der Waals surface area contributed by atoms with Gasteiger partial charge in [-0.25, -0.2) is 0 Å². The van der Waals surface area contributed by atoms with E-state index in [9.17, 15) is 13.2 Å². The zero-order valence-electron chi connectivity index (χ0n) is 10.5. The second-order valence-corrected chi connectivity index (χ2v) is 4.33. The van der Waals surface area contributed by atoms with Gasteiger partial charge < -0.3 is 0 Å². The smallest absolute Gasteiger partial charge is 0.173 e. The molecule has 1 heterocycles. The molecule has 1 aromatic rings. The average Bonchev–Trinajstić information content (AvgIpc) is 2.50. The van der Waals surface area contributed by atoms with Crippen LogP contribution in [0.3, 0.4) is 0 Å². The number of hydrogen-bond acceptors (Lipinski definition) is 0. The van der Waals surface area contributed by atoms with Crippen molar-refractivity contribution in [3.8, 4) is 0 Å². The molecule has 0 unspecified atom stereocenters. The molecule has 0 bridgehead atoms. The van der Waals surface area contributed by atoms with E-state index in [0.717, 1.165) is 23.8 Å². The predicted molar refractivity (Wildman–Crippen MR) is 58.9 cm³/mol. The molecule has 0 aromatic carbocycles. The minimum Gasteiger partial charge on any atom is -0.173 e. The van der Waals surface area contributed by atoms with Gasteiger partial charge in [0.05, 0.1) is 13.6 Å². The quantitative estimate of drug-likeness (QED) is 0.518. The van der Waals surface area contributed by atoms with E-state index in [-0.39, 0.29) is 6.54 Å². The normalized spacial score (nSPS) is 11.1. The summed E-state index contributed by atoms with van der Waals surface area (Å²) in [6, 6.07) is 0. The molecule has 5 heteroatoms. The van der Waals surface area contributed by atoms with Gasteiger partial charge in [-0.15, -0.1) is 4.39 Å². The van der Waals surface area contributed by atoms with Crippen molar-refractivity contribution in [3.05, 3.63) is 18.0 Å². The molecule has 0 amide bonds. The second kappa shape index (κ2) is 6.67. The molecule has 0 fully saturated rings. The summed E-state index contributed by atoms with van der Waals surface area (Å²) >= 11 is 0. The highest BCUT2D eigenvalue weighted by Crippen LogP contribution is 2.10. The Kier molecular flexibility index (Phi) is 5.51. The third-order valence-corrected chi connectivity index (χ3v) is 2.94. The molecule has 0 atom stereocenters. The number of imidazole rings is 1. The summed E-state index contributed by atoms with van der Waals surface area (Å²) in [4.78, 5) is 0. The first-order valence-electron chi connectivity index (χ1n) is 6.18. The maximum atomic E-state index is 13.4. The molecule has 0 aliphatic carbocycles. The Labute approximate surface area is 100 Å². The number of unbranched alkanes of at least 4 members (excludes halogenated alkanes) is 5. The van der Waals surface area contributed by atoms with E-state index in [1.54, 1.807) is 0 Å². The molecule has 98 valence electrons. The largest absolute Gasteiger partial charge is 0.450 e. The topological polar surface area (TPSA) is 8.81 Å². The number of aromatic nitrogens is 2. The van der Waals surface area contributed by atoms with Gasteiger partial charge in [-0.1, -0.05) is 32.6 Å². The Morgan fingerprint density at radius 2 is 1.59 bits per heavy atom. The summed E-state index contributed by atoms with van der Waals surface area (Å²) in [6.45, 7) is 2.33. The maximum Gasteiger partial charge on any atom is 0.450 e. The lowest BCUT2D eigenvalue weighted by Gasteiger charge is -1.99. The molecule has 1 aromatic heterocycles. The fourth-order valence-electron chi connectivity index (χ4n) is 1.83. The van der Waals surface area contributed by atoms with Gasteiger partial charge in [0, 0.05) is 0 Å². The van der Waals surface area contributed by atoms with E-state index in [0.29, 0.717) is 11.0 Å². The summed E-state index contributed by atoms with van der Waals surface area (Å²) in [7, 11) is 1.17.